The molecule has 1 fully saturated rings. The number of nitrogens with two attached hydrogens (primary N) is 1. The summed E-state index contributed by atoms with van der Waals surface area (Å²) >= 11 is 0. The average Bonchev–Trinajstić information content (AvgIpc) is 2.40. The molecule has 4 N–H and O–H groups in total. The summed E-state index contributed by atoms with van der Waals surface area (Å²) in [4.78, 5) is 12.1. The Bertz CT molecular complexity index is 428. The summed E-state index contributed by atoms with van der Waals surface area (Å²) < 4.78 is 5.29. The van der Waals surface area contributed by atoms with Gasteiger partial charge in [-0.25, -0.2) is 0 Å². The van der Waals surface area contributed by atoms with E-state index in [0.29, 0.717) is 38.2 Å². The van der Waals surface area contributed by atoms with Crippen LogP contribution in [0.4, 0.5) is 0 Å². The van der Waals surface area contributed by atoms with Crippen LogP contribution in [-0.4, -0.2) is 36.3 Å². The van der Waals surface area contributed by atoms with Crippen molar-refractivity contribution < 1.29 is 14.6 Å². The Kier molecular flexibility index (Phi) is 3.84. The van der Waals surface area contributed by atoms with Crippen molar-refractivity contribution in [2.75, 3.05) is 19.8 Å². The number of rotatable bonds is 3. The van der Waals surface area contributed by atoms with Crippen molar-refractivity contribution in [3.05, 3.63) is 29.8 Å². The smallest absolute Gasteiger partial charge is 0.251 e. The minimum absolute atomic E-state index is 0.0800. The molecule has 5 heteroatoms. The molecule has 1 aliphatic rings. The second-order valence-electron chi connectivity index (χ2n) is 4.60. The van der Waals surface area contributed by atoms with Crippen LogP contribution in [0.2, 0.25) is 0 Å². The molecule has 0 bridgehead atoms. The molecule has 1 aromatic rings. The Labute approximate surface area is 106 Å². The fourth-order valence-electron chi connectivity index (χ4n) is 2.10. The first-order chi connectivity index (χ1) is 8.65. The zero-order valence-electron chi connectivity index (χ0n) is 10.2. The maximum atomic E-state index is 12.1. The number of benzene rings is 1. The number of aromatic hydroxyl groups is 1. The largest absolute Gasteiger partial charge is 0.508 e. The van der Waals surface area contributed by atoms with Gasteiger partial charge in [0.1, 0.15) is 5.75 Å². The molecule has 0 aliphatic carbocycles. The van der Waals surface area contributed by atoms with Gasteiger partial charge in [-0.1, -0.05) is 6.07 Å². The fraction of sp³-hybridized carbons (Fsp3) is 0.462. The summed E-state index contributed by atoms with van der Waals surface area (Å²) in [6, 6.07) is 6.28. The molecule has 5 nitrogen and oxygen atoms in total. The predicted octanol–water partition coefficient (Wildman–Crippen LogP) is 0.630. The van der Waals surface area contributed by atoms with Crippen molar-refractivity contribution >= 4 is 5.91 Å². The molecule has 1 aromatic carbocycles. The highest BCUT2D eigenvalue weighted by Crippen LogP contribution is 2.20. The zero-order valence-corrected chi connectivity index (χ0v) is 10.2. The normalized spacial score (nSPS) is 18.3. The number of amides is 1. The Balaban J connectivity index is 2.10. The van der Waals surface area contributed by atoms with Crippen LogP contribution in [0, 0.1) is 0 Å². The van der Waals surface area contributed by atoms with E-state index in [1.165, 1.54) is 12.1 Å². The lowest BCUT2D eigenvalue weighted by Gasteiger charge is -2.36. The lowest BCUT2D eigenvalue weighted by molar-refractivity contribution is 0.0388. The zero-order chi connectivity index (χ0) is 13.0. The summed E-state index contributed by atoms with van der Waals surface area (Å²) in [5.41, 5.74) is 5.83. The monoisotopic (exact) mass is 250 g/mol. The van der Waals surface area contributed by atoms with Gasteiger partial charge in [-0.3, -0.25) is 4.79 Å². The third-order valence-corrected chi connectivity index (χ3v) is 3.33. The fourth-order valence-corrected chi connectivity index (χ4v) is 2.10. The van der Waals surface area contributed by atoms with Gasteiger partial charge in [-0.2, -0.15) is 0 Å². The summed E-state index contributed by atoms with van der Waals surface area (Å²) in [6.07, 6.45) is 1.43. The van der Waals surface area contributed by atoms with Crippen molar-refractivity contribution in [3.63, 3.8) is 0 Å². The van der Waals surface area contributed by atoms with E-state index in [-0.39, 0.29) is 17.2 Å². The molecule has 0 unspecified atom stereocenters. The summed E-state index contributed by atoms with van der Waals surface area (Å²) in [6.45, 7) is 1.61. The molecule has 2 rings (SSSR count). The molecule has 98 valence electrons. The Morgan fingerprint density at radius 3 is 2.78 bits per heavy atom. The van der Waals surface area contributed by atoms with Gasteiger partial charge in [0.05, 0.1) is 5.54 Å². The SMILES string of the molecule is NCC1(NC(=O)c2cccc(O)c2)CCOCC1. The van der Waals surface area contributed by atoms with E-state index >= 15 is 0 Å². The second kappa shape index (κ2) is 5.37. The Hall–Kier alpha value is -1.59. The first-order valence-corrected chi connectivity index (χ1v) is 6.05. The molecule has 0 spiro atoms. The number of carbonyl (C=O) groups excluding carboxylic acids is 1. The van der Waals surface area contributed by atoms with E-state index in [1.807, 2.05) is 0 Å². The van der Waals surface area contributed by atoms with E-state index in [4.69, 9.17) is 10.5 Å². The summed E-state index contributed by atoms with van der Waals surface area (Å²) in [5, 5.41) is 12.3. The van der Waals surface area contributed by atoms with Crippen LogP contribution < -0.4 is 11.1 Å². The first-order valence-electron chi connectivity index (χ1n) is 6.05. The van der Waals surface area contributed by atoms with E-state index in [9.17, 15) is 9.90 Å². The second-order valence-corrected chi connectivity index (χ2v) is 4.60. The predicted molar refractivity (Wildman–Crippen MR) is 67.4 cm³/mol. The molecular formula is C13H18N2O3. The maximum Gasteiger partial charge on any atom is 0.251 e. The molecule has 0 atom stereocenters. The highest BCUT2D eigenvalue weighted by atomic mass is 16.5. The van der Waals surface area contributed by atoms with Crippen molar-refractivity contribution in [1.29, 1.82) is 0 Å². The molecule has 0 saturated carbocycles. The topological polar surface area (TPSA) is 84.6 Å². The van der Waals surface area contributed by atoms with Gasteiger partial charge >= 0.3 is 0 Å². The van der Waals surface area contributed by atoms with Crippen LogP contribution in [0.25, 0.3) is 0 Å². The standard InChI is InChI=1S/C13H18N2O3/c14-9-13(4-6-18-7-5-13)15-12(17)10-2-1-3-11(16)8-10/h1-3,8,16H,4-7,9,14H2,(H,15,17). The van der Waals surface area contributed by atoms with Gasteiger partial charge in [0.15, 0.2) is 0 Å². The van der Waals surface area contributed by atoms with Crippen molar-refractivity contribution in [3.8, 4) is 5.75 Å². The molecule has 18 heavy (non-hydrogen) atoms. The number of phenolic OH excluding ortho intramolecular Hbond substituents is 1. The third kappa shape index (κ3) is 2.80. The van der Waals surface area contributed by atoms with Crippen LogP contribution >= 0.6 is 0 Å². The van der Waals surface area contributed by atoms with Crippen LogP contribution in [-0.2, 0) is 4.74 Å². The van der Waals surface area contributed by atoms with Crippen LogP contribution in [0.3, 0.4) is 0 Å². The van der Waals surface area contributed by atoms with Gasteiger partial charge in [0, 0.05) is 25.3 Å². The molecule has 0 aromatic heterocycles. The number of hydrogen-bond acceptors (Lipinski definition) is 4. The minimum Gasteiger partial charge on any atom is -0.508 e. The number of carbonyl (C=O) groups is 1. The van der Waals surface area contributed by atoms with E-state index in [2.05, 4.69) is 5.32 Å². The highest BCUT2D eigenvalue weighted by Gasteiger charge is 2.32. The van der Waals surface area contributed by atoms with E-state index < -0.39 is 0 Å². The number of phenols is 1. The van der Waals surface area contributed by atoms with Gasteiger partial charge in [-0.05, 0) is 31.0 Å². The summed E-state index contributed by atoms with van der Waals surface area (Å²) in [7, 11) is 0. The molecular weight excluding hydrogens is 232 g/mol. The number of hydrogen-bond donors (Lipinski definition) is 3. The number of nitrogens with one attached hydrogen (secondary N) is 1. The van der Waals surface area contributed by atoms with Crippen molar-refractivity contribution in [2.45, 2.75) is 18.4 Å². The lowest BCUT2D eigenvalue weighted by atomic mass is 9.89. The van der Waals surface area contributed by atoms with Crippen molar-refractivity contribution in [1.82, 2.24) is 5.32 Å². The number of ether oxygens (including phenoxy) is 1. The van der Waals surface area contributed by atoms with Gasteiger partial charge in [0.25, 0.3) is 5.91 Å². The Morgan fingerprint density at radius 2 is 2.17 bits per heavy atom. The van der Waals surface area contributed by atoms with Crippen LogP contribution in [0.5, 0.6) is 5.75 Å². The molecule has 0 radical (unpaired) electrons. The molecule has 1 heterocycles. The van der Waals surface area contributed by atoms with Crippen LogP contribution in [0.15, 0.2) is 24.3 Å². The quantitative estimate of drug-likeness (QED) is 0.734. The van der Waals surface area contributed by atoms with Gasteiger partial charge < -0.3 is 20.9 Å². The summed E-state index contributed by atoms with van der Waals surface area (Å²) in [5.74, 6) is -0.130. The molecule has 1 amide bonds. The average molecular weight is 250 g/mol. The molecule has 1 aliphatic heterocycles. The first kappa shape index (κ1) is 12.9. The molecule has 1 saturated heterocycles. The van der Waals surface area contributed by atoms with Crippen molar-refractivity contribution in [2.24, 2.45) is 5.73 Å². The Morgan fingerprint density at radius 1 is 1.44 bits per heavy atom. The van der Waals surface area contributed by atoms with Crippen LogP contribution in [0.1, 0.15) is 23.2 Å². The highest BCUT2D eigenvalue weighted by molar-refractivity contribution is 5.95. The van der Waals surface area contributed by atoms with E-state index in [1.54, 1.807) is 12.1 Å². The van der Waals surface area contributed by atoms with E-state index in [0.717, 1.165) is 0 Å². The lowest BCUT2D eigenvalue weighted by Crippen LogP contribution is -2.56. The minimum atomic E-state index is -0.388. The maximum absolute atomic E-state index is 12.1. The third-order valence-electron chi connectivity index (χ3n) is 3.33. The van der Waals surface area contributed by atoms with Gasteiger partial charge in [-0.15, -0.1) is 0 Å². The van der Waals surface area contributed by atoms with Gasteiger partial charge in [0.2, 0.25) is 0 Å².